The lowest BCUT2D eigenvalue weighted by Gasteiger charge is -2.09. The smallest absolute Gasteiger partial charge is 0.339 e. The normalized spacial score (nSPS) is 11.4. The third kappa shape index (κ3) is 5.42. The third-order valence-electron chi connectivity index (χ3n) is 3.40. The summed E-state index contributed by atoms with van der Waals surface area (Å²) in [5.74, 6) is -0.361. The van der Waals surface area contributed by atoms with E-state index in [4.69, 9.17) is 9.47 Å². The summed E-state index contributed by atoms with van der Waals surface area (Å²) in [5, 5.41) is 2.66. The lowest BCUT2D eigenvalue weighted by Crippen LogP contribution is -2.28. The Morgan fingerprint density at radius 1 is 1.08 bits per heavy atom. The summed E-state index contributed by atoms with van der Waals surface area (Å²) in [5.41, 5.74) is 1.10. The van der Waals surface area contributed by atoms with Gasteiger partial charge in [-0.1, -0.05) is 24.3 Å². The highest BCUT2D eigenvalue weighted by atomic mass is 32.2. The number of methoxy groups -OCH3 is 1. The first-order chi connectivity index (χ1) is 12.0. The topological polar surface area (TPSA) is 81.7 Å². The van der Waals surface area contributed by atoms with Crippen molar-refractivity contribution in [1.82, 2.24) is 5.32 Å². The number of nitrogens with one attached hydrogen (secondary N) is 1. The largest absolute Gasteiger partial charge is 0.497 e. The molecule has 1 atom stereocenters. The second-order valence-electron chi connectivity index (χ2n) is 5.15. The number of benzene rings is 2. The van der Waals surface area contributed by atoms with Gasteiger partial charge >= 0.3 is 5.97 Å². The number of amides is 1. The maximum atomic E-state index is 12.1. The fourth-order valence-electron chi connectivity index (χ4n) is 2.09. The Labute approximate surface area is 148 Å². The van der Waals surface area contributed by atoms with Gasteiger partial charge in [-0.25, -0.2) is 4.79 Å². The second kappa shape index (κ2) is 8.98. The number of rotatable bonds is 7. The van der Waals surface area contributed by atoms with E-state index in [-0.39, 0.29) is 5.56 Å². The lowest BCUT2D eigenvalue weighted by molar-refractivity contribution is -0.124. The van der Waals surface area contributed by atoms with Crippen molar-refractivity contribution < 1.29 is 23.3 Å². The second-order valence-corrected chi connectivity index (χ2v) is 6.50. The molecule has 0 aromatic heterocycles. The molecule has 2 rings (SSSR count). The van der Waals surface area contributed by atoms with Crippen molar-refractivity contribution in [3.63, 3.8) is 0 Å². The van der Waals surface area contributed by atoms with Gasteiger partial charge in [0.25, 0.3) is 5.91 Å². The standard InChI is InChI=1S/C18H19NO5S/c1-23-14-9-7-13(8-10-14)11-19-17(20)12-24-18(21)15-5-3-4-6-16(15)25(2)22/h3-10H,11-12H2,1-2H3,(H,19,20)/t25-/m0/s1. The molecule has 0 aliphatic rings. The molecular weight excluding hydrogens is 342 g/mol. The predicted octanol–water partition coefficient (Wildman–Crippen LogP) is 1.91. The van der Waals surface area contributed by atoms with E-state index in [1.165, 1.54) is 12.3 Å². The highest BCUT2D eigenvalue weighted by Gasteiger charge is 2.15. The molecule has 0 bridgehead atoms. The summed E-state index contributed by atoms with van der Waals surface area (Å²) in [4.78, 5) is 24.3. The molecule has 0 aliphatic heterocycles. The minimum Gasteiger partial charge on any atom is -0.497 e. The summed E-state index contributed by atoms with van der Waals surface area (Å²) in [6, 6.07) is 13.7. The van der Waals surface area contributed by atoms with E-state index in [1.54, 1.807) is 37.4 Å². The van der Waals surface area contributed by atoms with Gasteiger partial charge in [-0.2, -0.15) is 0 Å². The van der Waals surface area contributed by atoms with Crippen LogP contribution in [-0.4, -0.2) is 36.1 Å². The molecule has 7 heteroatoms. The number of carbonyl (C=O) groups excluding carboxylic acids is 2. The van der Waals surface area contributed by atoms with Gasteiger partial charge in [0.15, 0.2) is 6.61 Å². The van der Waals surface area contributed by atoms with Crippen LogP contribution in [0.4, 0.5) is 0 Å². The zero-order chi connectivity index (χ0) is 18.2. The maximum absolute atomic E-state index is 12.1. The van der Waals surface area contributed by atoms with Crippen LogP contribution in [0.5, 0.6) is 5.75 Å². The number of hydrogen-bond donors (Lipinski definition) is 1. The van der Waals surface area contributed by atoms with Gasteiger partial charge in [0.2, 0.25) is 0 Å². The average molecular weight is 361 g/mol. The van der Waals surface area contributed by atoms with Gasteiger partial charge in [-0.3, -0.25) is 9.00 Å². The van der Waals surface area contributed by atoms with Gasteiger partial charge in [-0.15, -0.1) is 0 Å². The first-order valence-corrected chi connectivity index (χ1v) is 9.06. The molecule has 132 valence electrons. The van der Waals surface area contributed by atoms with Crippen LogP contribution < -0.4 is 10.1 Å². The molecule has 0 aliphatic carbocycles. The Morgan fingerprint density at radius 2 is 1.76 bits per heavy atom. The van der Waals surface area contributed by atoms with Crippen molar-refractivity contribution >= 4 is 22.7 Å². The highest BCUT2D eigenvalue weighted by molar-refractivity contribution is 7.84. The SMILES string of the molecule is COc1ccc(CNC(=O)COC(=O)c2ccccc2[S@](C)=O)cc1. The molecule has 0 heterocycles. The zero-order valence-electron chi connectivity index (χ0n) is 14.0. The van der Waals surface area contributed by atoms with E-state index in [0.717, 1.165) is 11.3 Å². The fraction of sp³-hybridized carbons (Fsp3) is 0.222. The van der Waals surface area contributed by atoms with Gasteiger partial charge in [0.05, 0.1) is 28.4 Å². The minimum absolute atomic E-state index is 0.200. The molecule has 2 aromatic rings. The Kier molecular flexibility index (Phi) is 6.71. The van der Waals surface area contributed by atoms with Gasteiger partial charge < -0.3 is 14.8 Å². The Hall–Kier alpha value is -2.67. The summed E-state index contributed by atoms with van der Waals surface area (Å²) < 4.78 is 21.7. The van der Waals surface area contributed by atoms with E-state index in [9.17, 15) is 13.8 Å². The van der Waals surface area contributed by atoms with Crippen molar-refractivity contribution in [3.8, 4) is 5.75 Å². The van der Waals surface area contributed by atoms with Gasteiger partial charge in [0, 0.05) is 12.8 Å². The van der Waals surface area contributed by atoms with Crippen LogP contribution >= 0.6 is 0 Å². The van der Waals surface area contributed by atoms with Crippen LogP contribution in [-0.2, 0) is 26.9 Å². The first-order valence-electron chi connectivity index (χ1n) is 7.50. The van der Waals surface area contributed by atoms with Crippen molar-refractivity contribution in [2.45, 2.75) is 11.4 Å². The molecule has 25 heavy (non-hydrogen) atoms. The Bertz CT molecular complexity index is 773. The Morgan fingerprint density at radius 3 is 2.40 bits per heavy atom. The summed E-state index contributed by atoms with van der Waals surface area (Å²) in [6.45, 7) is -0.0877. The molecule has 1 amide bonds. The Balaban J connectivity index is 1.85. The van der Waals surface area contributed by atoms with Crippen molar-refractivity contribution in [2.24, 2.45) is 0 Å². The van der Waals surface area contributed by atoms with Crippen LogP contribution in [0.15, 0.2) is 53.4 Å². The quantitative estimate of drug-likeness (QED) is 0.762. The van der Waals surface area contributed by atoms with Gasteiger partial charge in [0.1, 0.15) is 5.75 Å². The molecule has 0 radical (unpaired) electrons. The molecule has 0 unspecified atom stereocenters. The minimum atomic E-state index is -1.32. The molecule has 0 saturated carbocycles. The van der Waals surface area contributed by atoms with Crippen LogP contribution in [0, 0.1) is 0 Å². The third-order valence-corrected chi connectivity index (χ3v) is 4.38. The summed E-state index contributed by atoms with van der Waals surface area (Å²) >= 11 is 0. The van der Waals surface area contributed by atoms with E-state index in [1.807, 2.05) is 12.1 Å². The maximum Gasteiger partial charge on any atom is 0.339 e. The van der Waals surface area contributed by atoms with Crippen LogP contribution in [0.3, 0.4) is 0 Å². The fourth-order valence-corrected chi connectivity index (χ4v) is 2.82. The van der Waals surface area contributed by atoms with E-state index < -0.39 is 29.3 Å². The molecular formula is C18H19NO5S. The highest BCUT2D eigenvalue weighted by Crippen LogP contribution is 2.14. The van der Waals surface area contributed by atoms with Crippen molar-refractivity contribution in [1.29, 1.82) is 0 Å². The first kappa shape index (κ1) is 18.7. The van der Waals surface area contributed by atoms with Crippen molar-refractivity contribution in [3.05, 3.63) is 59.7 Å². The number of carbonyl (C=O) groups is 2. The monoisotopic (exact) mass is 361 g/mol. The lowest BCUT2D eigenvalue weighted by atomic mass is 10.2. The van der Waals surface area contributed by atoms with Gasteiger partial charge in [-0.05, 0) is 29.8 Å². The molecule has 2 aromatic carbocycles. The van der Waals surface area contributed by atoms with E-state index in [2.05, 4.69) is 5.32 Å². The van der Waals surface area contributed by atoms with E-state index >= 15 is 0 Å². The van der Waals surface area contributed by atoms with Crippen LogP contribution in [0.1, 0.15) is 15.9 Å². The van der Waals surface area contributed by atoms with E-state index in [0.29, 0.717) is 11.4 Å². The zero-order valence-corrected chi connectivity index (χ0v) is 14.8. The molecule has 0 saturated heterocycles. The van der Waals surface area contributed by atoms with Crippen LogP contribution in [0.25, 0.3) is 0 Å². The van der Waals surface area contributed by atoms with Crippen molar-refractivity contribution in [2.75, 3.05) is 20.0 Å². The predicted molar refractivity (Wildman–Crippen MR) is 93.9 cm³/mol. The summed E-state index contributed by atoms with van der Waals surface area (Å²) in [6.07, 6.45) is 1.48. The summed E-state index contributed by atoms with van der Waals surface area (Å²) in [7, 11) is 0.263. The molecule has 0 spiro atoms. The molecule has 0 fully saturated rings. The molecule has 1 N–H and O–H groups in total. The van der Waals surface area contributed by atoms with Crippen LogP contribution in [0.2, 0.25) is 0 Å². The molecule has 6 nitrogen and oxygen atoms in total. The average Bonchev–Trinajstić information content (AvgIpc) is 2.64. The number of hydrogen-bond acceptors (Lipinski definition) is 5. The number of esters is 1. The number of ether oxygens (including phenoxy) is 2.